The fourth-order valence-corrected chi connectivity index (χ4v) is 2.30. The highest BCUT2D eigenvalue weighted by Crippen LogP contribution is 2.28. The average Bonchev–Trinajstić information content (AvgIpc) is 2.46. The van der Waals surface area contributed by atoms with Crippen LogP contribution in [-0.2, 0) is 6.54 Å². The van der Waals surface area contributed by atoms with E-state index in [-0.39, 0.29) is 5.69 Å². The Bertz CT molecular complexity index is 614. The molecule has 0 aliphatic carbocycles. The Morgan fingerprint density at radius 3 is 2.55 bits per heavy atom. The van der Waals surface area contributed by atoms with E-state index in [4.69, 9.17) is 4.74 Å². The molecule has 0 saturated heterocycles. The van der Waals surface area contributed by atoms with Gasteiger partial charge in [-0.15, -0.1) is 0 Å². The number of methoxy groups -OCH3 is 1. The number of hydrogen-bond donors (Lipinski definition) is 1. The Kier molecular flexibility index (Phi) is 4.57. The Hall–Kier alpha value is -2.08. The van der Waals surface area contributed by atoms with Crippen molar-refractivity contribution in [3.05, 3.63) is 62.6 Å². The minimum absolute atomic E-state index is 0.0685. The van der Waals surface area contributed by atoms with Gasteiger partial charge in [0.1, 0.15) is 10.2 Å². The number of nitrogens with one attached hydrogen (secondary N) is 1. The molecule has 0 radical (unpaired) electrons. The fourth-order valence-electron chi connectivity index (χ4n) is 1.75. The molecule has 0 saturated carbocycles. The summed E-state index contributed by atoms with van der Waals surface area (Å²) in [5.41, 5.74) is 1.82. The van der Waals surface area contributed by atoms with Crippen LogP contribution in [-0.4, -0.2) is 12.0 Å². The maximum atomic E-state index is 10.9. The van der Waals surface area contributed by atoms with E-state index in [1.807, 2.05) is 30.3 Å². The third-order valence-corrected chi connectivity index (χ3v) is 3.74. The average molecular weight is 337 g/mol. The third-order valence-electron chi connectivity index (χ3n) is 2.83. The molecule has 0 spiro atoms. The van der Waals surface area contributed by atoms with Crippen LogP contribution in [0, 0.1) is 10.1 Å². The van der Waals surface area contributed by atoms with Gasteiger partial charge in [-0.1, -0.05) is 12.1 Å². The highest BCUT2D eigenvalue weighted by Gasteiger charge is 2.14. The monoisotopic (exact) mass is 336 g/mol. The van der Waals surface area contributed by atoms with Crippen LogP contribution in [0.15, 0.2) is 46.9 Å². The summed E-state index contributed by atoms with van der Waals surface area (Å²) >= 11 is 3.28. The van der Waals surface area contributed by atoms with Gasteiger partial charge < -0.3 is 10.1 Å². The first-order valence-corrected chi connectivity index (χ1v) is 6.71. The molecule has 0 bridgehead atoms. The number of anilines is 1. The minimum Gasteiger partial charge on any atom is -0.497 e. The number of benzene rings is 2. The van der Waals surface area contributed by atoms with E-state index in [1.54, 1.807) is 13.2 Å². The molecule has 5 nitrogen and oxygen atoms in total. The molecule has 0 aliphatic heterocycles. The van der Waals surface area contributed by atoms with Gasteiger partial charge in [0.05, 0.1) is 12.0 Å². The number of halogens is 1. The Morgan fingerprint density at radius 1 is 1.25 bits per heavy atom. The lowest BCUT2D eigenvalue weighted by Crippen LogP contribution is -2.01. The molecular formula is C14H13BrN2O3. The molecule has 2 aromatic carbocycles. The molecule has 0 atom stereocenters. The van der Waals surface area contributed by atoms with Crippen molar-refractivity contribution < 1.29 is 9.66 Å². The molecule has 0 fully saturated rings. The summed E-state index contributed by atoms with van der Waals surface area (Å²) in [6.07, 6.45) is 0. The number of nitrogens with zero attached hydrogens (tertiary/aromatic N) is 1. The quantitative estimate of drug-likeness (QED) is 0.662. The molecule has 6 heteroatoms. The molecule has 0 unspecified atom stereocenters. The lowest BCUT2D eigenvalue weighted by molar-refractivity contribution is -0.385. The summed E-state index contributed by atoms with van der Waals surface area (Å²) in [5.74, 6) is 0.784. The van der Waals surface area contributed by atoms with E-state index in [1.165, 1.54) is 6.07 Å². The van der Waals surface area contributed by atoms with Crippen molar-refractivity contribution in [3.63, 3.8) is 0 Å². The van der Waals surface area contributed by atoms with Crippen LogP contribution in [0.5, 0.6) is 5.75 Å². The first-order chi connectivity index (χ1) is 9.61. The van der Waals surface area contributed by atoms with Crippen molar-refractivity contribution in [2.24, 2.45) is 0 Å². The molecule has 20 heavy (non-hydrogen) atoms. The first-order valence-electron chi connectivity index (χ1n) is 5.91. The van der Waals surface area contributed by atoms with Gasteiger partial charge >= 0.3 is 0 Å². The van der Waals surface area contributed by atoms with Gasteiger partial charge in [-0.25, -0.2) is 0 Å². The van der Waals surface area contributed by atoms with Gasteiger partial charge in [-0.2, -0.15) is 0 Å². The van der Waals surface area contributed by atoms with Crippen LogP contribution in [0.1, 0.15) is 5.56 Å². The predicted molar refractivity (Wildman–Crippen MR) is 81.1 cm³/mol. The summed E-state index contributed by atoms with van der Waals surface area (Å²) in [4.78, 5) is 10.5. The fraction of sp³-hybridized carbons (Fsp3) is 0.143. The van der Waals surface area contributed by atoms with Gasteiger partial charge in [-0.3, -0.25) is 10.1 Å². The van der Waals surface area contributed by atoms with Crippen LogP contribution >= 0.6 is 15.9 Å². The topological polar surface area (TPSA) is 64.4 Å². The molecule has 0 heterocycles. The molecule has 0 aromatic heterocycles. The standard InChI is InChI=1S/C14H13BrN2O3/c1-20-12-7-5-11(6-8-12)16-9-10-3-2-4-13(14(10)15)17(18)19/h2-8,16H,9H2,1H3. The van der Waals surface area contributed by atoms with Crippen LogP contribution in [0.4, 0.5) is 11.4 Å². The summed E-state index contributed by atoms with van der Waals surface area (Å²) in [5, 5.41) is 14.1. The lowest BCUT2D eigenvalue weighted by atomic mass is 10.2. The van der Waals surface area contributed by atoms with E-state index in [0.29, 0.717) is 11.0 Å². The molecular weight excluding hydrogens is 324 g/mol. The van der Waals surface area contributed by atoms with E-state index in [9.17, 15) is 10.1 Å². The predicted octanol–water partition coefficient (Wildman–Crippen LogP) is 3.98. The smallest absolute Gasteiger partial charge is 0.283 e. The van der Waals surface area contributed by atoms with E-state index in [0.717, 1.165) is 17.0 Å². The molecule has 1 N–H and O–H groups in total. The second-order valence-electron chi connectivity index (χ2n) is 4.09. The van der Waals surface area contributed by atoms with Crippen LogP contribution in [0.2, 0.25) is 0 Å². The number of nitro benzene ring substituents is 1. The van der Waals surface area contributed by atoms with Crippen molar-refractivity contribution in [1.82, 2.24) is 0 Å². The molecule has 0 amide bonds. The molecule has 104 valence electrons. The summed E-state index contributed by atoms with van der Waals surface area (Å²) in [6, 6.07) is 12.5. The molecule has 0 aliphatic rings. The highest BCUT2D eigenvalue weighted by atomic mass is 79.9. The van der Waals surface area contributed by atoms with Gasteiger partial charge in [0.2, 0.25) is 0 Å². The van der Waals surface area contributed by atoms with Crippen molar-refractivity contribution in [1.29, 1.82) is 0 Å². The Labute approximate surface area is 124 Å². The Morgan fingerprint density at radius 2 is 1.95 bits per heavy atom. The van der Waals surface area contributed by atoms with E-state index in [2.05, 4.69) is 21.2 Å². The number of rotatable bonds is 5. The van der Waals surface area contributed by atoms with Crippen molar-refractivity contribution >= 4 is 27.3 Å². The van der Waals surface area contributed by atoms with Gasteiger partial charge in [0, 0.05) is 18.3 Å². The largest absolute Gasteiger partial charge is 0.497 e. The summed E-state index contributed by atoms with van der Waals surface area (Å²) < 4.78 is 5.59. The highest BCUT2D eigenvalue weighted by molar-refractivity contribution is 9.10. The second-order valence-corrected chi connectivity index (χ2v) is 4.88. The maximum absolute atomic E-state index is 10.9. The SMILES string of the molecule is COc1ccc(NCc2cccc([N+](=O)[O-])c2Br)cc1. The summed E-state index contributed by atoms with van der Waals surface area (Å²) in [6.45, 7) is 0.495. The first kappa shape index (κ1) is 14.3. The minimum atomic E-state index is -0.402. The van der Waals surface area contributed by atoms with E-state index < -0.39 is 4.92 Å². The maximum Gasteiger partial charge on any atom is 0.283 e. The lowest BCUT2D eigenvalue weighted by Gasteiger charge is -2.09. The Balaban J connectivity index is 2.10. The zero-order valence-corrected chi connectivity index (χ0v) is 12.4. The van der Waals surface area contributed by atoms with Crippen molar-refractivity contribution in [2.75, 3.05) is 12.4 Å². The van der Waals surface area contributed by atoms with Crippen LogP contribution < -0.4 is 10.1 Å². The zero-order valence-electron chi connectivity index (χ0n) is 10.8. The van der Waals surface area contributed by atoms with Crippen molar-refractivity contribution in [2.45, 2.75) is 6.54 Å². The number of ether oxygens (including phenoxy) is 1. The zero-order chi connectivity index (χ0) is 14.5. The molecule has 2 rings (SSSR count). The van der Waals surface area contributed by atoms with Crippen LogP contribution in [0.3, 0.4) is 0 Å². The van der Waals surface area contributed by atoms with Crippen LogP contribution in [0.25, 0.3) is 0 Å². The van der Waals surface area contributed by atoms with Gasteiger partial charge in [-0.05, 0) is 45.8 Å². The van der Waals surface area contributed by atoms with Gasteiger partial charge in [0.15, 0.2) is 0 Å². The summed E-state index contributed by atoms with van der Waals surface area (Å²) in [7, 11) is 1.61. The number of hydrogen-bond acceptors (Lipinski definition) is 4. The molecule has 2 aromatic rings. The number of nitro groups is 1. The third kappa shape index (κ3) is 3.27. The second kappa shape index (κ2) is 6.38. The van der Waals surface area contributed by atoms with Gasteiger partial charge in [0.25, 0.3) is 5.69 Å². The van der Waals surface area contributed by atoms with Crippen molar-refractivity contribution in [3.8, 4) is 5.75 Å². The van der Waals surface area contributed by atoms with E-state index >= 15 is 0 Å². The normalized spacial score (nSPS) is 10.1.